The van der Waals surface area contributed by atoms with Crippen molar-refractivity contribution in [1.82, 2.24) is 20.3 Å². The van der Waals surface area contributed by atoms with Crippen molar-refractivity contribution < 1.29 is 23.4 Å². The van der Waals surface area contributed by atoms with Crippen LogP contribution in [0.1, 0.15) is 56.0 Å². The number of rotatable bonds is 11. The second kappa shape index (κ2) is 10.3. The summed E-state index contributed by atoms with van der Waals surface area (Å²) in [5.74, 6) is 1.19. The molecule has 4 N–H and O–H groups in total. The molecular weight excluding hydrogens is 453 g/mol. The van der Waals surface area contributed by atoms with Gasteiger partial charge in [-0.25, -0.2) is 4.57 Å². The fourth-order valence-corrected chi connectivity index (χ4v) is 4.48. The lowest BCUT2D eigenvalue weighted by Gasteiger charge is -2.21. The van der Waals surface area contributed by atoms with Gasteiger partial charge in [-0.2, -0.15) is 4.98 Å². The highest BCUT2D eigenvalue weighted by Crippen LogP contribution is 2.39. The van der Waals surface area contributed by atoms with Crippen molar-refractivity contribution in [2.75, 3.05) is 6.61 Å². The summed E-state index contributed by atoms with van der Waals surface area (Å²) in [7, 11) is -4.63. The van der Waals surface area contributed by atoms with Crippen molar-refractivity contribution in [2.45, 2.75) is 58.4 Å². The molecule has 2 aromatic heterocycles. The summed E-state index contributed by atoms with van der Waals surface area (Å²) in [6.45, 7) is 5.32. The minimum atomic E-state index is -4.63. The van der Waals surface area contributed by atoms with Crippen LogP contribution in [0.3, 0.4) is 0 Å². The summed E-state index contributed by atoms with van der Waals surface area (Å²) >= 11 is 1.25. The molecule has 174 valence electrons. The van der Waals surface area contributed by atoms with E-state index in [1.165, 1.54) is 24.2 Å². The zero-order chi connectivity index (χ0) is 23.4. The molecule has 3 aromatic rings. The monoisotopic (exact) mass is 481 g/mol. The van der Waals surface area contributed by atoms with Crippen molar-refractivity contribution in [3.05, 3.63) is 34.7 Å². The van der Waals surface area contributed by atoms with Gasteiger partial charge in [0.2, 0.25) is 11.7 Å². The van der Waals surface area contributed by atoms with Gasteiger partial charge in [-0.15, -0.1) is 10.2 Å². The van der Waals surface area contributed by atoms with Crippen LogP contribution in [0.15, 0.2) is 22.7 Å². The standard InChI is InChI=1S/C20H28N5O5PS/c1-4-5-6-7-8-16-22-17(25-30-16)14-9-10-15(13(2)11-14)18-23-24-19(32-18)20(3,21)12-29-31(26,27)28/h9-11H,4-8,12,21H2,1-3H3,(H2,26,27,28)/t20-/m0/s1. The first-order valence-electron chi connectivity index (χ1n) is 10.4. The van der Waals surface area contributed by atoms with Crippen molar-refractivity contribution in [1.29, 1.82) is 0 Å². The van der Waals surface area contributed by atoms with E-state index in [2.05, 4.69) is 31.8 Å². The highest BCUT2D eigenvalue weighted by Gasteiger charge is 2.30. The van der Waals surface area contributed by atoms with Crippen LogP contribution in [0.4, 0.5) is 0 Å². The molecule has 32 heavy (non-hydrogen) atoms. The molecule has 0 amide bonds. The van der Waals surface area contributed by atoms with E-state index in [1.54, 1.807) is 6.92 Å². The second-order valence-corrected chi connectivity index (χ2v) is 10.2. The van der Waals surface area contributed by atoms with Crippen LogP contribution in [-0.2, 0) is 21.0 Å². The lowest BCUT2D eigenvalue weighted by atomic mass is 10.1. The maximum atomic E-state index is 11.0. The summed E-state index contributed by atoms with van der Waals surface area (Å²) in [6, 6.07) is 5.76. The first-order chi connectivity index (χ1) is 15.1. The Balaban J connectivity index is 1.72. The first-order valence-corrected chi connectivity index (χ1v) is 12.7. The van der Waals surface area contributed by atoms with Crippen LogP contribution in [0.2, 0.25) is 0 Å². The van der Waals surface area contributed by atoms with Gasteiger partial charge in [0, 0.05) is 17.5 Å². The maximum absolute atomic E-state index is 11.0. The molecule has 10 nitrogen and oxygen atoms in total. The molecule has 0 unspecified atom stereocenters. The third-order valence-electron chi connectivity index (χ3n) is 4.87. The number of aromatic nitrogens is 4. The van der Waals surface area contributed by atoms with E-state index in [4.69, 9.17) is 20.0 Å². The third kappa shape index (κ3) is 6.50. The number of nitrogens with two attached hydrogens (primary N) is 1. The Labute approximate surface area is 190 Å². The fourth-order valence-electron chi connectivity index (χ4n) is 3.06. The Morgan fingerprint density at radius 2 is 2.03 bits per heavy atom. The molecule has 0 aliphatic carbocycles. The van der Waals surface area contributed by atoms with Crippen molar-refractivity contribution in [3.8, 4) is 22.0 Å². The van der Waals surface area contributed by atoms with Crippen LogP contribution in [0.5, 0.6) is 0 Å². The summed E-state index contributed by atoms with van der Waals surface area (Å²) in [6.07, 6.45) is 5.35. The van der Waals surface area contributed by atoms with Crippen LogP contribution >= 0.6 is 19.2 Å². The smallest absolute Gasteiger partial charge is 0.339 e. The molecule has 0 aliphatic rings. The molecule has 0 bridgehead atoms. The molecule has 3 rings (SSSR count). The van der Waals surface area contributed by atoms with E-state index in [-0.39, 0.29) is 6.61 Å². The minimum Gasteiger partial charge on any atom is -0.339 e. The summed E-state index contributed by atoms with van der Waals surface area (Å²) in [4.78, 5) is 22.3. The number of phosphoric acid groups is 1. The normalized spacial score (nSPS) is 13.9. The average Bonchev–Trinajstić information content (AvgIpc) is 3.40. The van der Waals surface area contributed by atoms with Crippen LogP contribution in [0, 0.1) is 6.92 Å². The zero-order valence-corrected chi connectivity index (χ0v) is 20.0. The molecule has 0 saturated carbocycles. The van der Waals surface area contributed by atoms with E-state index >= 15 is 0 Å². The van der Waals surface area contributed by atoms with Gasteiger partial charge in [0.05, 0.1) is 12.1 Å². The number of aryl methyl sites for hydroxylation is 2. The van der Waals surface area contributed by atoms with Crippen LogP contribution in [-0.4, -0.2) is 36.7 Å². The topological polar surface area (TPSA) is 157 Å². The Morgan fingerprint density at radius 1 is 1.25 bits per heavy atom. The predicted molar refractivity (Wildman–Crippen MR) is 121 cm³/mol. The average molecular weight is 482 g/mol. The summed E-state index contributed by atoms with van der Waals surface area (Å²) in [5.41, 5.74) is 7.61. The Morgan fingerprint density at radius 3 is 2.72 bits per heavy atom. The number of benzene rings is 1. The van der Waals surface area contributed by atoms with E-state index in [1.807, 2.05) is 25.1 Å². The van der Waals surface area contributed by atoms with E-state index in [0.29, 0.717) is 21.7 Å². The molecule has 1 atom stereocenters. The van der Waals surface area contributed by atoms with Gasteiger partial charge >= 0.3 is 7.82 Å². The van der Waals surface area contributed by atoms with E-state index in [0.717, 1.165) is 36.0 Å². The molecule has 0 spiro atoms. The van der Waals surface area contributed by atoms with Gasteiger partial charge < -0.3 is 20.0 Å². The van der Waals surface area contributed by atoms with Gasteiger partial charge in [-0.3, -0.25) is 4.52 Å². The molecule has 0 fully saturated rings. The third-order valence-corrected chi connectivity index (χ3v) is 6.58. The molecule has 0 aliphatic heterocycles. The lowest BCUT2D eigenvalue weighted by Crippen LogP contribution is -2.37. The van der Waals surface area contributed by atoms with Gasteiger partial charge in [0.25, 0.3) is 0 Å². The van der Waals surface area contributed by atoms with Crippen LogP contribution < -0.4 is 5.73 Å². The van der Waals surface area contributed by atoms with Crippen molar-refractivity contribution in [3.63, 3.8) is 0 Å². The number of unbranched alkanes of at least 4 members (excludes halogenated alkanes) is 3. The minimum absolute atomic E-state index is 0.386. The molecule has 2 heterocycles. The molecule has 12 heteroatoms. The molecular formula is C20H28N5O5PS. The van der Waals surface area contributed by atoms with Gasteiger partial charge in [-0.05, 0) is 31.9 Å². The first kappa shape index (κ1) is 24.6. The molecule has 0 radical (unpaired) electrons. The van der Waals surface area contributed by atoms with Gasteiger partial charge in [0.15, 0.2) is 0 Å². The highest BCUT2D eigenvalue weighted by atomic mass is 32.1. The van der Waals surface area contributed by atoms with Gasteiger partial charge in [-0.1, -0.05) is 54.8 Å². The summed E-state index contributed by atoms with van der Waals surface area (Å²) in [5, 5.41) is 13.5. The zero-order valence-electron chi connectivity index (χ0n) is 18.3. The van der Waals surface area contributed by atoms with E-state index < -0.39 is 13.4 Å². The number of hydrogen-bond donors (Lipinski definition) is 3. The SMILES string of the molecule is CCCCCCc1nc(-c2ccc(-c3nnc([C@@](C)(N)COP(=O)(O)O)s3)c(C)c2)no1. The van der Waals surface area contributed by atoms with Crippen LogP contribution in [0.25, 0.3) is 22.0 Å². The Hall–Kier alpha value is -2.01. The predicted octanol–water partition coefficient (Wildman–Crippen LogP) is 3.97. The second-order valence-electron chi connectivity index (χ2n) is 7.95. The van der Waals surface area contributed by atoms with E-state index in [9.17, 15) is 4.57 Å². The largest absolute Gasteiger partial charge is 0.469 e. The number of nitrogens with zero attached hydrogens (tertiary/aromatic N) is 4. The number of hydrogen-bond acceptors (Lipinski definition) is 9. The van der Waals surface area contributed by atoms with Gasteiger partial charge in [0.1, 0.15) is 10.0 Å². The fraction of sp³-hybridized carbons (Fsp3) is 0.500. The highest BCUT2D eigenvalue weighted by molar-refractivity contribution is 7.46. The quantitative estimate of drug-likeness (QED) is 0.270. The maximum Gasteiger partial charge on any atom is 0.469 e. The number of phosphoric ester groups is 1. The Kier molecular flexibility index (Phi) is 7.92. The Bertz CT molecular complexity index is 1090. The molecule has 1 aromatic carbocycles. The van der Waals surface area contributed by atoms with Crippen molar-refractivity contribution >= 4 is 19.2 Å². The molecule has 0 saturated heterocycles. The summed E-state index contributed by atoms with van der Waals surface area (Å²) < 4.78 is 20.9. The lowest BCUT2D eigenvalue weighted by molar-refractivity contribution is 0.158. The van der Waals surface area contributed by atoms with Crippen molar-refractivity contribution in [2.24, 2.45) is 5.73 Å².